The lowest BCUT2D eigenvalue weighted by atomic mass is 10.2. The van der Waals surface area contributed by atoms with Gasteiger partial charge in [-0.1, -0.05) is 0 Å². The van der Waals surface area contributed by atoms with E-state index in [0.29, 0.717) is 18.0 Å². The van der Waals surface area contributed by atoms with E-state index in [1.54, 1.807) is 31.2 Å². The first-order chi connectivity index (χ1) is 9.15. The number of ether oxygens (including phenoxy) is 2. The van der Waals surface area contributed by atoms with Crippen LogP contribution < -0.4 is 11.1 Å². The summed E-state index contributed by atoms with van der Waals surface area (Å²) in [6, 6.07) is 7.01. The predicted molar refractivity (Wildman–Crippen MR) is 73.9 cm³/mol. The second kappa shape index (κ2) is 6.54. The number of benzene rings is 1. The Balaban J connectivity index is 1.76. The molecule has 1 saturated heterocycles. The molecule has 1 aliphatic heterocycles. The Bertz CT molecular complexity index is 413. The highest BCUT2D eigenvalue weighted by atomic mass is 16.5. The van der Waals surface area contributed by atoms with Gasteiger partial charge in [-0.25, -0.2) is 0 Å². The molecule has 1 aromatic rings. The molecule has 0 bridgehead atoms. The molecule has 19 heavy (non-hydrogen) atoms. The second-order valence-corrected chi connectivity index (χ2v) is 4.72. The summed E-state index contributed by atoms with van der Waals surface area (Å²) in [5.41, 5.74) is 6.97. The molecule has 104 valence electrons. The van der Waals surface area contributed by atoms with Crippen LogP contribution in [0.25, 0.3) is 0 Å². The molecule has 0 saturated carbocycles. The first-order valence-electron chi connectivity index (χ1n) is 6.55. The van der Waals surface area contributed by atoms with Gasteiger partial charge >= 0.3 is 0 Å². The lowest BCUT2D eigenvalue weighted by Gasteiger charge is -2.16. The topological polar surface area (TPSA) is 73.6 Å². The van der Waals surface area contributed by atoms with E-state index in [9.17, 15) is 4.79 Å². The van der Waals surface area contributed by atoms with Crippen molar-refractivity contribution in [1.29, 1.82) is 0 Å². The number of nitrogens with one attached hydrogen (secondary N) is 1. The Kier molecular flexibility index (Phi) is 4.76. The minimum Gasteiger partial charge on any atom is -0.399 e. The molecule has 0 aromatic heterocycles. The van der Waals surface area contributed by atoms with Crippen LogP contribution in [0.2, 0.25) is 0 Å². The molecule has 2 rings (SSSR count). The van der Waals surface area contributed by atoms with Gasteiger partial charge in [0.15, 0.2) is 0 Å². The number of nitrogen functional groups attached to an aromatic ring is 1. The number of amides is 1. The van der Waals surface area contributed by atoms with Crippen LogP contribution in [-0.4, -0.2) is 31.3 Å². The number of anilines is 2. The standard InChI is InChI=1S/C14H20N2O3/c1-10(19-9-13-3-2-8-18-13)14(17)16-12-6-4-11(15)5-7-12/h4-7,10,13H,2-3,8-9,15H2,1H3,(H,16,17). The summed E-state index contributed by atoms with van der Waals surface area (Å²) in [7, 11) is 0. The molecule has 1 fully saturated rings. The van der Waals surface area contributed by atoms with Gasteiger partial charge in [-0.3, -0.25) is 4.79 Å². The van der Waals surface area contributed by atoms with Crippen molar-refractivity contribution in [3.05, 3.63) is 24.3 Å². The van der Waals surface area contributed by atoms with E-state index in [2.05, 4.69) is 5.32 Å². The molecule has 1 aliphatic rings. The number of hydrogen-bond donors (Lipinski definition) is 2. The quantitative estimate of drug-likeness (QED) is 0.795. The third-order valence-corrected chi connectivity index (χ3v) is 3.10. The van der Waals surface area contributed by atoms with E-state index in [1.807, 2.05) is 0 Å². The van der Waals surface area contributed by atoms with Crippen molar-refractivity contribution in [2.24, 2.45) is 0 Å². The molecular weight excluding hydrogens is 244 g/mol. The van der Waals surface area contributed by atoms with Crippen LogP contribution >= 0.6 is 0 Å². The van der Waals surface area contributed by atoms with E-state index >= 15 is 0 Å². The van der Waals surface area contributed by atoms with Crippen molar-refractivity contribution in [3.8, 4) is 0 Å². The monoisotopic (exact) mass is 264 g/mol. The third-order valence-electron chi connectivity index (χ3n) is 3.10. The number of nitrogens with two attached hydrogens (primary N) is 1. The van der Waals surface area contributed by atoms with E-state index in [0.717, 1.165) is 19.4 Å². The molecule has 1 amide bonds. The lowest BCUT2D eigenvalue weighted by Crippen LogP contribution is -2.30. The van der Waals surface area contributed by atoms with Crippen molar-refractivity contribution in [1.82, 2.24) is 0 Å². The van der Waals surface area contributed by atoms with E-state index in [-0.39, 0.29) is 12.0 Å². The number of carbonyl (C=O) groups is 1. The van der Waals surface area contributed by atoms with Crippen molar-refractivity contribution in [2.75, 3.05) is 24.3 Å². The highest BCUT2D eigenvalue weighted by Gasteiger charge is 2.19. The van der Waals surface area contributed by atoms with Crippen molar-refractivity contribution in [3.63, 3.8) is 0 Å². The average molecular weight is 264 g/mol. The molecule has 5 heteroatoms. The van der Waals surface area contributed by atoms with Crippen LogP contribution in [0.4, 0.5) is 11.4 Å². The Labute approximate surface area is 113 Å². The fourth-order valence-electron chi connectivity index (χ4n) is 1.91. The first kappa shape index (κ1) is 13.8. The molecule has 0 radical (unpaired) electrons. The van der Waals surface area contributed by atoms with Crippen molar-refractivity contribution < 1.29 is 14.3 Å². The number of rotatable bonds is 5. The van der Waals surface area contributed by atoms with Gasteiger partial charge < -0.3 is 20.5 Å². The zero-order valence-corrected chi connectivity index (χ0v) is 11.1. The lowest BCUT2D eigenvalue weighted by molar-refractivity contribution is -0.128. The molecule has 1 heterocycles. The Morgan fingerprint density at radius 2 is 2.26 bits per heavy atom. The van der Waals surface area contributed by atoms with Crippen LogP contribution in [-0.2, 0) is 14.3 Å². The molecule has 0 aliphatic carbocycles. The Morgan fingerprint density at radius 1 is 1.53 bits per heavy atom. The molecule has 0 spiro atoms. The molecule has 1 aromatic carbocycles. The molecular formula is C14H20N2O3. The summed E-state index contributed by atoms with van der Waals surface area (Å²) in [4.78, 5) is 11.9. The SMILES string of the molecule is CC(OCC1CCCO1)C(=O)Nc1ccc(N)cc1. The van der Waals surface area contributed by atoms with Gasteiger partial charge in [-0.05, 0) is 44.0 Å². The summed E-state index contributed by atoms with van der Waals surface area (Å²) < 4.78 is 11.0. The summed E-state index contributed by atoms with van der Waals surface area (Å²) in [6.07, 6.45) is 1.71. The summed E-state index contributed by atoms with van der Waals surface area (Å²) in [6.45, 7) is 3.00. The van der Waals surface area contributed by atoms with Crippen molar-refractivity contribution >= 4 is 17.3 Å². The predicted octanol–water partition coefficient (Wildman–Crippen LogP) is 1.79. The molecule has 5 nitrogen and oxygen atoms in total. The van der Waals surface area contributed by atoms with Gasteiger partial charge in [0.05, 0.1) is 12.7 Å². The number of carbonyl (C=O) groups excluding carboxylic acids is 1. The maximum atomic E-state index is 11.9. The molecule has 3 N–H and O–H groups in total. The van der Waals surface area contributed by atoms with Gasteiger partial charge in [-0.15, -0.1) is 0 Å². The minimum atomic E-state index is -0.498. The molecule has 2 atom stereocenters. The maximum Gasteiger partial charge on any atom is 0.253 e. The highest BCUT2D eigenvalue weighted by molar-refractivity contribution is 5.94. The largest absolute Gasteiger partial charge is 0.399 e. The summed E-state index contributed by atoms with van der Waals surface area (Å²) in [5.74, 6) is -0.164. The second-order valence-electron chi connectivity index (χ2n) is 4.72. The van der Waals surface area contributed by atoms with Gasteiger partial charge in [0.2, 0.25) is 0 Å². The van der Waals surface area contributed by atoms with E-state index in [4.69, 9.17) is 15.2 Å². The van der Waals surface area contributed by atoms with Gasteiger partial charge in [0.1, 0.15) is 6.10 Å². The maximum absolute atomic E-state index is 11.9. The smallest absolute Gasteiger partial charge is 0.253 e. The van der Waals surface area contributed by atoms with E-state index in [1.165, 1.54) is 0 Å². The van der Waals surface area contributed by atoms with Crippen LogP contribution in [0.1, 0.15) is 19.8 Å². The van der Waals surface area contributed by atoms with Crippen LogP contribution in [0.3, 0.4) is 0 Å². The third kappa shape index (κ3) is 4.22. The van der Waals surface area contributed by atoms with Gasteiger partial charge in [0.25, 0.3) is 5.91 Å². The fourth-order valence-corrected chi connectivity index (χ4v) is 1.91. The van der Waals surface area contributed by atoms with Crippen LogP contribution in [0.15, 0.2) is 24.3 Å². The van der Waals surface area contributed by atoms with Crippen molar-refractivity contribution in [2.45, 2.75) is 32.0 Å². The fraction of sp³-hybridized carbons (Fsp3) is 0.500. The zero-order valence-electron chi connectivity index (χ0n) is 11.1. The Morgan fingerprint density at radius 3 is 2.89 bits per heavy atom. The highest BCUT2D eigenvalue weighted by Crippen LogP contribution is 2.14. The van der Waals surface area contributed by atoms with Crippen LogP contribution in [0, 0.1) is 0 Å². The van der Waals surface area contributed by atoms with Crippen LogP contribution in [0.5, 0.6) is 0 Å². The van der Waals surface area contributed by atoms with E-state index < -0.39 is 6.10 Å². The number of hydrogen-bond acceptors (Lipinski definition) is 4. The summed E-state index contributed by atoms with van der Waals surface area (Å²) in [5, 5.41) is 2.78. The van der Waals surface area contributed by atoms with Gasteiger partial charge in [-0.2, -0.15) is 0 Å². The zero-order chi connectivity index (χ0) is 13.7. The Hall–Kier alpha value is -1.59. The average Bonchev–Trinajstić information content (AvgIpc) is 2.91. The van der Waals surface area contributed by atoms with Gasteiger partial charge in [0, 0.05) is 18.0 Å². The minimum absolute atomic E-state index is 0.131. The first-order valence-corrected chi connectivity index (χ1v) is 6.55. The normalized spacial score (nSPS) is 20.2. The summed E-state index contributed by atoms with van der Waals surface area (Å²) >= 11 is 0. The molecule has 2 unspecified atom stereocenters.